The van der Waals surface area contributed by atoms with E-state index in [4.69, 9.17) is 22.1 Å². The van der Waals surface area contributed by atoms with E-state index in [0.29, 0.717) is 22.3 Å². The van der Waals surface area contributed by atoms with Gasteiger partial charge in [-0.25, -0.2) is 4.39 Å². The number of rotatable bonds is 4. The SMILES string of the molecule is CCc1ccc(OCc2c(F)cccc2Cl)nc1N. The van der Waals surface area contributed by atoms with Crippen LogP contribution in [0.3, 0.4) is 0 Å². The van der Waals surface area contributed by atoms with Crippen LogP contribution in [-0.2, 0) is 13.0 Å². The molecule has 0 bridgehead atoms. The Labute approximate surface area is 116 Å². The molecule has 1 heterocycles. The Hall–Kier alpha value is -1.81. The standard InChI is InChI=1S/C14H14ClFN2O/c1-2-9-6-7-13(18-14(9)17)19-8-10-11(15)4-3-5-12(10)16/h3-7H,2,8H2,1H3,(H2,17,18). The maximum Gasteiger partial charge on any atom is 0.215 e. The van der Waals surface area contributed by atoms with Crippen molar-refractivity contribution < 1.29 is 9.13 Å². The number of nitrogens with zero attached hydrogens (tertiary/aromatic N) is 1. The maximum absolute atomic E-state index is 13.5. The lowest BCUT2D eigenvalue weighted by molar-refractivity contribution is 0.288. The Morgan fingerprint density at radius 3 is 2.74 bits per heavy atom. The number of ether oxygens (including phenoxy) is 1. The molecule has 0 atom stereocenters. The van der Waals surface area contributed by atoms with E-state index in [0.717, 1.165) is 12.0 Å². The van der Waals surface area contributed by atoms with Gasteiger partial charge in [-0.15, -0.1) is 0 Å². The van der Waals surface area contributed by atoms with Crippen LogP contribution in [0.2, 0.25) is 5.02 Å². The molecule has 0 saturated carbocycles. The van der Waals surface area contributed by atoms with Gasteiger partial charge in [0, 0.05) is 11.6 Å². The fourth-order valence-electron chi connectivity index (χ4n) is 1.68. The zero-order valence-electron chi connectivity index (χ0n) is 10.5. The van der Waals surface area contributed by atoms with Gasteiger partial charge in [0.1, 0.15) is 18.2 Å². The second-order valence-electron chi connectivity index (χ2n) is 4.04. The predicted octanol–water partition coefficient (Wildman–Crippen LogP) is 3.60. The highest BCUT2D eigenvalue weighted by atomic mass is 35.5. The normalized spacial score (nSPS) is 10.5. The number of aromatic nitrogens is 1. The van der Waals surface area contributed by atoms with Crippen LogP contribution < -0.4 is 10.5 Å². The van der Waals surface area contributed by atoms with Crippen LogP contribution in [0.1, 0.15) is 18.1 Å². The van der Waals surface area contributed by atoms with Crippen LogP contribution in [0.4, 0.5) is 10.2 Å². The van der Waals surface area contributed by atoms with Gasteiger partial charge in [0.05, 0.1) is 5.02 Å². The molecule has 0 unspecified atom stereocenters. The number of nitrogens with two attached hydrogens (primary N) is 1. The lowest BCUT2D eigenvalue weighted by Gasteiger charge is -2.09. The molecule has 2 N–H and O–H groups in total. The van der Waals surface area contributed by atoms with Crippen LogP contribution in [0, 0.1) is 5.82 Å². The highest BCUT2D eigenvalue weighted by Crippen LogP contribution is 2.22. The van der Waals surface area contributed by atoms with Gasteiger partial charge in [0.2, 0.25) is 5.88 Å². The number of nitrogen functional groups attached to an aromatic ring is 1. The second kappa shape index (κ2) is 5.89. The van der Waals surface area contributed by atoms with Crippen LogP contribution >= 0.6 is 11.6 Å². The van der Waals surface area contributed by atoms with Crippen LogP contribution in [0.15, 0.2) is 30.3 Å². The molecular formula is C14H14ClFN2O. The third-order valence-electron chi connectivity index (χ3n) is 2.79. The average Bonchev–Trinajstić information content (AvgIpc) is 2.38. The van der Waals surface area contributed by atoms with Gasteiger partial charge in [-0.2, -0.15) is 4.98 Å². The molecule has 0 aliphatic heterocycles. The molecule has 1 aromatic heterocycles. The largest absolute Gasteiger partial charge is 0.473 e. The molecule has 19 heavy (non-hydrogen) atoms. The summed E-state index contributed by atoms with van der Waals surface area (Å²) in [5, 5.41) is 0.332. The summed E-state index contributed by atoms with van der Waals surface area (Å²) in [6.07, 6.45) is 0.804. The Morgan fingerprint density at radius 1 is 1.32 bits per heavy atom. The van der Waals surface area contributed by atoms with E-state index in [-0.39, 0.29) is 6.61 Å². The summed E-state index contributed by atoms with van der Waals surface area (Å²) in [7, 11) is 0. The minimum absolute atomic E-state index is 0.0173. The first kappa shape index (κ1) is 13.6. The fraction of sp³-hybridized carbons (Fsp3) is 0.214. The first-order chi connectivity index (χ1) is 9.11. The number of hydrogen-bond acceptors (Lipinski definition) is 3. The molecule has 2 rings (SSSR count). The van der Waals surface area contributed by atoms with E-state index in [1.807, 2.05) is 13.0 Å². The topological polar surface area (TPSA) is 48.1 Å². The summed E-state index contributed by atoms with van der Waals surface area (Å²) in [5.41, 5.74) is 7.03. The molecule has 0 saturated heterocycles. The summed E-state index contributed by atoms with van der Waals surface area (Å²) >= 11 is 5.91. The van der Waals surface area contributed by atoms with Gasteiger partial charge in [0.25, 0.3) is 0 Å². The van der Waals surface area contributed by atoms with E-state index < -0.39 is 5.82 Å². The predicted molar refractivity (Wildman–Crippen MR) is 73.8 cm³/mol. The monoisotopic (exact) mass is 280 g/mol. The molecule has 0 aliphatic rings. The molecule has 0 amide bonds. The maximum atomic E-state index is 13.5. The molecule has 1 aromatic carbocycles. The average molecular weight is 281 g/mol. The first-order valence-electron chi connectivity index (χ1n) is 5.93. The Morgan fingerprint density at radius 2 is 2.11 bits per heavy atom. The number of hydrogen-bond donors (Lipinski definition) is 1. The van der Waals surface area contributed by atoms with Crippen LogP contribution in [-0.4, -0.2) is 4.98 Å². The van der Waals surface area contributed by atoms with Crippen molar-refractivity contribution in [2.24, 2.45) is 0 Å². The lowest BCUT2D eigenvalue weighted by atomic mass is 10.2. The first-order valence-corrected chi connectivity index (χ1v) is 6.30. The minimum atomic E-state index is -0.398. The van der Waals surface area contributed by atoms with Crippen molar-refractivity contribution >= 4 is 17.4 Å². The molecule has 3 nitrogen and oxygen atoms in total. The van der Waals surface area contributed by atoms with Crippen molar-refractivity contribution in [1.29, 1.82) is 0 Å². The van der Waals surface area contributed by atoms with Crippen molar-refractivity contribution in [2.75, 3.05) is 5.73 Å². The van der Waals surface area contributed by atoms with E-state index >= 15 is 0 Å². The summed E-state index contributed by atoms with van der Waals surface area (Å²) < 4.78 is 19.0. The van der Waals surface area contributed by atoms with Crippen LogP contribution in [0.5, 0.6) is 5.88 Å². The number of aryl methyl sites for hydroxylation is 1. The van der Waals surface area contributed by atoms with Gasteiger partial charge in [0.15, 0.2) is 0 Å². The highest BCUT2D eigenvalue weighted by Gasteiger charge is 2.08. The van der Waals surface area contributed by atoms with Gasteiger partial charge in [-0.1, -0.05) is 30.7 Å². The van der Waals surface area contributed by atoms with Crippen molar-refractivity contribution in [3.63, 3.8) is 0 Å². The molecule has 0 aliphatic carbocycles. The molecular weight excluding hydrogens is 267 g/mol. The van der Waals surface area contributed by atoms with Crippen molar-refractivity contribution in [1.82, 2.24) is 4.98 Å². The molecule has 0 spiro atoms. The van der Waals surface area contributed by atoms with E-state index in [9.17, 15) is 4.39 Å². The molecule has 5 heteroatoms. The van der Waals surface area contributed by atoms with Crippen LogP contribution in [0.25, 0.3) is 0 Å². The molecule has 0 fully saturated rings. The fourth-order valence-corrected chi connectivity index (χ4v) is 1.90. The number of pyridine rings is 1. The third-order valence-corrected chi connectivity index (χ3v) is 3.15. The third kappa shape index (κ3) is 3.15. The van der Waals surface area contributed by atoms with Crippen molar-refractivity contribution in [3.05, 3.63) is 52.3 Å². The molecule has 2 aromatic rings. The number of anilines is 1. The van der Waals surface area contributed by atoms with E-state index in [2.05, 4.69) is 4.98 Å². The smallest absolute Gasteiger partial charge is 0.215 e. The van der Waals surface area contributed by atoms with Crippen molar-refractivity contribution in [3.8, 4) is 5.88 Å². The summed E-state index contributed by atoms with van der Waals surface area (Å²) in [6.45, 7) is 2.01. The summed E-state index contributed by atoms with van der Waals surface area (Å²) in [6, 6.07) is 8.07. The molecule has 100 valence electrons. The highest BCUT2D eigenvalue weighted by molar-refractivity contribution is 6.31. The van der Waals surface area contributed by atoms with Gasteiger partial charge in [-0.3, -0.25) is 0 Å². The zero-order chi connectivity index (χ0) is 13.8. The quantitative estimate of drug-likeness (QED) is 0.931. The van der Waals surface area contributed by atoms with Gasteiger partial charge in [-0.05, 0) is 24.1 Å². The van der Waals surface area contributed by atoms with E-state index in [1.165, 1.54) is 6.07 Å². The minimum Gasteiger partial charge on any atom is -0.473 e. The second-order valence-corrected chi connectivity index (χ2v) is 4.44. The Balaban J connectivity index is 2.13. The number of halogens is 2. The van der Waals surface area contributed by atoms with Gasteiger partial charge >= 0.3 is 0 Å². The number of benzene rings is 1. The molecule has 0 radical (unpaired) electrons. The Kier molecular flexibility index (Phi) is 4.22. The lowest BCUT2D eigenvalue weighted by Crippen LogP contribution is -2.03. The zero-order valence-corrected chi connectivity index (χ0v) is 11.2. The summed E-state index contributed by atoms with van der Waals surface area (Å²) in [4.78, 5) is 4.11. The summed E-state index contributed by atoms with van der Waals surface area (Å²) in [5.74, 6) is 0.388. The Bertz CT molecular complexity index is 569. The van der Waals surface area contributed by atoms with E-state index in [1.54, 1.807) is 18.2 Å². The van der Waals surface area contributed by atoms with Gasteiger partial charge < -0.3 is 10.5 Å². The van der Waals surface area contributed by atoms with Crippen molar-refractivity contribution in [2.45, 2.75) is 20.0 Å².